The molecule has 136 valence electrons. The van der Waals surface area contributed by atoms with Crippen molar-refractivity contribution in [3.05, 3.63) is 46.7 Å². The van der Waals surface area contributed by atoms with Crippen LogP contribution in [0.3, 0.4) is 0 Å². The maximum absolute atomic E-state index is 13.3. The summed E-state index contributed by atoms with van der Waals surface area (Å²) >= 11 is 3.29. The Morgan fingerprint density at radius 1 is 1.04 bits per heavy atom. The summed E-state index contributed by atoms with van der Waals surface area (Å²) < 4.78 is 0. The highest BCUT2D eigenvalue weighted by Crippen LogP contribution is 2.35. The number of rotatable bonds is 2. The standard InChI is InChI=1S/C20H22N2O2S2/c23-19(22-11-5-13-25-17-8-2-1-7-16(17)22)15-6-3-10-21(14-15)20(24)18-9-4-12-26-18/h1-2,4,7-9,12,15H,3,5-6,10-11,13-14H2/t15-/m1/s1. The Balaban J connectivity index is 1.52. The van der Waals surface area contributed by atoms with Gasteiger partial charge in [0.15, 0.2) is 0 Å². The Hall–Kier alpha value is -1.79. The van der Waals surface area contributed by atoms with Gasteiger partial charge in [-0.05, 0) is 48.6 Å². The molecule has 0 spiro atoms. The number of hydrogen-bond acceptors (Lipinski definition) is 4. The molecule has 0 unspecified atom stereocenters. The fraction of sp³-hybridized carbons (Fsp3) is 0.400. The maximum Gasteiger partial charge on any atom is 0.263 e. The van der Waals surface area contributed by atoms with Gasteiger partial charge in [-0.3, -0.25) is 9.59 Å². The number of carbonyl (C=O) groups is 2. The predicted molar refractivity (Wildman–Crippen MR) is 107 cm³/mol. The largest absolute Gasteiger partial charge is 0.337 e. The molecule has 3 heterocycles. The molecule has 1 aromatic carbocycles. The van der Waals surface area contributed by atoms with Gasteiger partial charge in [0.1, 0.15) is 0 Å². The van der Waals surface area contributed by atoms with E-state index >= 15 is 0 Å². The average Bonchev–Trinajstić information content (AvgIpc) is 3.14. The molecular weight excluding hydrogens is 364 g/mol. The first-order valence-electron chi connectivity index (χ1n) is 9.10. The molecule has 2 aromatic rings. The Morgan fingerprint density at radius 2 is 1.92 bits per heavy atom. The number of piperidine rings is 1. The van der Waals surface area contributed by atoms with Crippen molar-refractivity contribution in [3.63, 3.8) is 0 Å². The van der Waals surface area contributed by atoms with Gasteiger partial charge < -0.3 is 9.80 Å². The number of nitrogens with zero attached hydrogens (tertiary/aromatic N) is 2. The maximum atomic E-state index is 13.3. The number of thioether (sulfide) groups is 1. The molecule has 2 aliphatic rings. The third kappa shape index (κ3) is 3.53. The summed E-state index contributed by atoms with van der Waals surface area (Å²) in [5, 5.41) is 1.92. The highest BCUT2D eigenvalue weighted by atomic mass is 32.2. The zero-order valence-corrected chi connectivity index (χ0v) is 16.2. The first-order valence-corrected chi connectivity index (χ1v) is 11.0. The highest BCUT2D eigenvalue weighted by molar-refractivity contribution is 7.99. The minimum absolute atomic E-state index is 0.0596. The molecule has 4 rings (SSSR count). The van der Waals surface area contributed by atoms with Crippen LogP contribution in [0.2, 0.25) is 0 Å². The van der Waals surface area contributed by atoms with Crippen LogP contribution in [0.1, 0.15) is 28.9 Å². The molecule has 4 nitrogen and oxygen atoms in total. The molecule has 2 amide bonds. The Kier molecular flexibility index (Phi) is 5.31. The lowest BCUT2D eigenvalue weighted by atomic mass is 9.96. The molecule has 6 heteroatoms. The second-order valence-corrected chi connectivity index (χ2v) is 8.81. The molecule has 2 aliphatic heterocycles. The van der Waals surface area contributed by atoms with Crippen molar-refractivity contribution in [1.29, 1.82) is 0 Å². The van der Waals surface area contributed by atoms with E-state index in [0.29, 0.717) is 6.54 Å². The van der Waals surface area contributed by atoms with Gasteiger partial charge in [-0.1, -0.05) is 18.2 Å². The van der Waals surface area contributed by atoms with Gasteiger partial charge in [0.25, 0.3) is 5.91 Å². The van der Waals surface area contributed by atoms with Crippen LogP contribution in [0.5, 0.6) is 0 Å². The van der Waals surface area contributed by atoms with E-state index in [9.17, 15) is 9.59 Å². The number of thiophene rings is 1. The van der Waals surface area contributed by atoms with Gasteiger partial charge in [0.05, 0.1) is 16.5 Å². The van der Waals surface area contributed by atoms with Crippen LogP contribution in [0.4, 0.5) is 5.69 Å². The fourth-order valence-corrected chi connectivity index (χ4v) is 5.38. The lowest BCUT2D eigenvalue weighted by Crippen LogP contribution is -2.47. The SMILES string of the molecule is O=C(c1cccs1)N1CCC[C@@H](C(=O)N2CCCSc3ccccc32)C1. The molecule has 1 fully saturated rings. The predicted octanol–water partition coefficient (Wildman–Crippen LogP) is 4.13. The van der Waals surface area contributed by atoms with Gasteiger partial charge in [0, 0.05) is 24.5 Å². The zero-order valence-electron chi connectivity index (χ0n) is 14.6. The zero-order chi connectivity index (χ0) is 17.9. The van der Waals surface area contributed by atoms with E-state index < -0.39 is 0 Å². The van der Waals surface area contributed by atoms with Gasteiger partial charge in [-0.25, -0.2) is 0 Å². The van der Waals surface area contributed by atoms with Gasteiger partial charge >= 0.3 is 0 Å². The quantitative estimate of drug-likeness (QED) is 0.779. The summed E-state index contributed by atoms with van der Waals surface area (Å²) in [6.07, 6.45) is 2.74. The number of anilines is 1. The Bertz CT molecular complexity index is 791. The number of carbonyl (C=O) groups excluding carboxylic acids is 2. The van der Waals surface area contributed by atoms with E-state index in [-0.39, 0.29) is 17.7 Å². The van der Waals surface area contributed by atoms with Crippen LogP contribution in [0.15, 0.2) is 46.7 Å². The van der Waals surface area contributed by atoms with E-state index in [1.807, 2.05) is 57.3 Å². The van der Waals surface area contributed by atoms with Crippen LogP contribution in [-0.4, -0.2) is 42.1 Å². The fourth-order valence-electron chi connectivity index (χ4n) is 3.70. The van der Waals surface area contributed by atoms with Gasteiger partial charge in [-0.2, -0.15) is 0 Å². The Morgan fingerprint density at radius 3 is 2.77 bits per heavy atom. The molecule has 0 aliphatic carbocycles. The third-order valence-electron chi connectivity index (χ3n) is 5.00. The van der Waals surface area contributed by atoms with Crippen molar-refractivity contribution in [2.75, 3.05) is 30.3 Å². The van der Waals surface area contributed by atoms with E-state index in [0.717, 1.165) is 48.7 Å². The summed E-state index contributed by atoms with van der Waals surface area (Å²) in [6.45, 7) is 2.03. The van der Waals surface area contributed by atoms with Gasteiger partial charge in [-0.15, -0.1) is 23.1 Å². The highest BCUT2D eigenvalue weighted by Gasteiger charge is 2.33. The summed E-state index contributed by atoms with van der Waals surface area (Å²) in [6, 6.07) is 11.9. The van der Waals surface area contributed by atoms with Gasteiger partial charge in [0.2, 0.25) is 5.91 Å². The molecule has 1 saturated heterocycles. The first kappa shape index (κ1) is 17.6. The Labute approximate surface area is 162 Å². The first-order chi connectivity index (χ1) is 12.7. The van der Waals surface area contributed by atoms with Crippen LogP contribution in [0.25, 0.3) is 0 Å². The molecule has 1 atom stereocenters. The average molecular weight is 387 g/mol. The summed E-state index contributed by atoms with van der Waals surface area (Å²) in [4.78, 5) is 31.7. The molecule has 0 saturated carbocycles. The third-order valence-corrected chi connectivity index (χ3v) is 7.00. The minimum Gasteiger partial charge on any atom is -0.337 e. The second-order valence-electron chi connectivity index (χ2n) is 6.73. The number of fused-ring (bicyclic) bond motifs is 1. The van der Waals surface area contributed by atoms with E-state index in [1.54, 1.807) is 0 Å². The van der Waals surface area contributed by atoms with E-state index in [2.05, 4.69) is 6.07 Å². The van der Waals surface area contributed by atoms with Crippen molar-refractivity contribution in [1.82, 2.24) is 4.90 Å². The molecule has 0 bridgehead atoms. The normalized spacial score (nSPS) is 20.4. The smallest absolute Gasteiger partial charge is 0.263 e. The van der Waals surface area contributed by atoms with E-state index in [4.69, 9.17) is 0 Å². The summed E-state index contributed by atoms with van der Waals surface area (Å²) in [5.74, 6) is 1.16. The topological polar surface area (TPSA) is 40.6 Å². The van der Waals surface area contributed by atoms with Crippen LogP contribution >= 0.6 is 23.1 Å². The molecule has 1 aromatic heterocycles. The molecule has 26 heavy (non-hydrogen) atoms. The lowest BCUT2D eigenvalue weighted by Gasteiger charge is -2.35. The number of likely N-dealkylation sites (tertiary alicyclic amines) is 1. The van der Waals surface area contributed by atoms with Crippen molar-refractivity contribution >= 4 is 40.6 Å². The van der Waals surface area contributed by atoms with Crippen molar-refractivity contribution < 1.29 is 9.59 Å². The number of hydrogen-bond donors (Lipinski definition) is 0. The number of benzene rings is 1. The van der Waals surface area contributed by atoms with Crippen LogP contribution < -0.4 is 4.90 Å². The molecule has 0 N–H and O–H groups in total. The molecule has 0 radical (unpaired) electrons. The van der Waals surface area contributed by atoms with Crippen LogP contribution in [-0.2, 0) is 4.79 Å². The van der Waals surface area contributed by atoms with Crippen molar-refractivity contribution in [3.8, 4) is 0 Å². The number of amides is 2. The monoisotopic (exact) mass is 386 g/mol. The minimum atomic E-state index is -0.108. The second kappa shape index (κ2) is 7.84. The van der Waals surface area contributed by atoms with Crippen molar-refractivity contribution in [2.45, 2.75) is 24.2 Å². The van der Waals surface area contributed by atoms with Crippen molar-refractivity contribution in [2.24, 2.45) is 5.92 Å². The molecular formula is C20H22N2O2S2. The summed E-state index contributed by atoms with van der Waals surface area (Å²) in [7, 11) is 0. The van der Waals surface area contributed by atoms with Crippen LogP contribution in [0, 0.1) is 5.92 Å². The number of para-hydroxylation sites is 1. The lowest BCUT2D eigenvalue weighted by molar-refractivity contribution is -0.123. The van der Waals surface area contributed by atoms with E-state index in [1.165, 1.54) is 16.2 Å². The summed E-state index contributed by atoms with van der Waals surface area (Å²) in [5.41, 5.74) is 1.03.